The van der Waals surface area contributed by atoms with Crippen LogP contribution in [0.5, 0.6) is 0 Å². The summed E-state index contributed by atoms with van der Waals surface area (Å²) in [5, 5.41) is 0. The number of allylic oxidation sites excluding steroid dienone is 2. The third kappa shape index (κ3) is 7.58. The Morgan fingerprint density at radius 1 is 0.500 bits per heavy atom. The van der Waals surface area contributed by atoms with Gasteiger partial charge < -0.3 is 8.85 Å². The lowest BCUT2D eigenvalue weighted by atomic mass is 9.65. The first-order valence-corrected chi connectivity index (χ1v) is 19.0. The summed E-state index contributed by atoms with van der Waals surface area (Å²) in [6.45, 7) is 30.1. The van der Waals surface area contributed by atoms with E-state index in [4.69, 9.17) is 8.85 Å². The fourth-order valence-corrected chi connectivity index (χ4v) is 5.88. The van der Waals surface area contributed by atoms with Crippen molar-refractivity contribution in [2.45, 2.75) is 120 Å². The molecule has 0 saturated heterocycles. The smallest absolute Gasteiger partial charge is 0.241 e. The Hall–Kier alpha value is -0.886. The van der Waals surface area contributed by atoms with E-state index in [1.807, 2.05) is 27.7 Å². The summed E-state index contributed by atoms with van der Waals surface area (Å²) >= 11 is 0. The Kier molecular flexibility index (Phi) is 8.24. The fraction of sp³-hybridized carbons (Fsp3) is 0.846. The molecule has 0 N–H and O–H groups in total. The molecule has 0 aromatic heterocycles. The van der Waals surface area contributed by atoms with Crippen LogP contribution in [-0.4, -0.2) is 28.2 Å². The normalized spacial score (nSPS) is 24.4. The van der Waals surface area contributed by atoms with E-state index in [-0.39, 0.29) is 22.4 Å². The maximum atomic E-state index is 11.5. The highest BCUT2D eigenvalue weighted by Gasteiger charge is 2.46. The maximum Gasteiger partial charge on any atom is 0.241 e. The minimum atomic E-state index is -1.64. The van der Waals surface area contributed by atoms with E-state index in [0.29, 0.717) is 0 Å². The molecule has 1 saturated carbocycles. The van der Waals surface area contributed by atoms with Gasteiger partial charge in [-0.1, -0.05) is 55.4 Å². The Morgan fingerprint density at radius 2 is 0.719 bits per heavy atom. The zero-order valence-corrected chi connectivity index (χ0v) is 25.5. The van der Waals surface area contributed by atoms with E-state index in [1.165, 1.54) is 12.8 Å². The van der Waals surface area contributed by atoms with Gasteiger partial charge in [0.2, 0.25) is 28.2 Å². The predicted octanol–water partition coefficient (Wildman–Crippen LogP) is 7.72. The molecule has 0 aromatic carbocycles. The Labute approximate surface area is 200 Å². The number of hydrogen-bond acceptors (Lipinski definition) is 4. The molecule has 2 aliphatic carbocycles. The Bertz CT molecular complexity index is 696. The van der Waals surface area contributed by atoms with E-state index in [0.717, 1.165) is 24.4 Å². The van der Waals surface area contributed by atoms with Crippen molar-refractivity contribution in [2.75, 3.05) is 0 Å². The minimum Gasteiger partial charge on any atom is -0.545 e. The van der Waals surface area contributed by atoms with E-state index < -0.39 is 27.5 Å². The zero-order chi connectivity index (χ0) is 25.6. The molecule has 0 radical (unpaired) electrons. The molecule has 0 bridgehead atoms. The lowest BCUT2D eigenvalue weighted by Crippen LogP contribution is -2.45. The number of hydrogen-bond donors (Lipinski definition) is 0. The highest BCUT2D eigenvalue weighted by atomic mass is 28.4. The van der Waals surface area contributed by atoms with Gasteiger partial charge in [-0.25, -0.2) is 0 Å². The second-order valence-corrected chi connectivity index (χ2v) is 23.1. The van der Waals surface area contributed by atoms with Gasteiger partial charge in [0.05, 0.1) is 0 Å². The van der Waals surface area contributed by atoms with Gasteiger partial charge in [0.25, 0.3) is 0 Å². The quantitative estimate of drug-likeness (QED) is 0.304. The standard InChI is InChI=1S/C16H34O2Si2.C10H16O2/c1-15(2)11-12-16(3,4)14(18-20(8,9)10)13(15)17-19(5,6)7;1-9(2)5-6-10(3,4)8(12)7(9)11/h11-12H2,1-10H3;5-6H2,1-4H3. The monoisotopic (exact) mass is 482 g/mol. The Balaban J connectivity index is 0.000000363. The van der Waals surface area contributed by atoms with E-state index in [1.54, 1.807) is 0 Å². The molecule has 32 heavy (non-hydrogen) atoms. The summed E-state index contributed by atoms with van der Waals surface area (Å²) in [6.07, 6.45) is 3.98. The van der Waals surface area contributed by atoms with Crippen LogP contribution in [0, 0.1) is 21.7 Å². The van der Waals surface area contributed by atoms with E-state index in [9.17, 15) is 9.59 Å². The number of carbonyl (C=O) groups is 2. The molecule has 0 aromatic rings. The zero-order valence-electron chi connectivity index (χ0n) is 23.5. The molecular weight excluding hydrogens is 432 g/mol. The topological polar surface area (TPSA) is 52.6 Å². The van der Waals surface area contributed by atoms with Gasteiger partial charge in [0.1, 0.15) is 11.5 Å². The first kappa shape index (κ1) is 29.1. The first-order chi connectivity index (χ1) is 13.9. The van der Waals surface area contributed by atoms with E-state index in [2.05, 4.69) is 67.0 Å². The predicted molar refractivity (Wildman–Crippen MR) is 139 cm³/mol. The number of carbonyl (C=O) groups excluding carboxylic acids is 2. The number of Topliss-reactive ketones (excluding diaryl/α,β-unsaturated/α-hetero) is 2. The van der Waals surface area contributed by atoms with Crippen LogP contribution in [0.3, 0.4) is 0 Å². The van der Waals surface area contributed by atoms with Gasteiger partial charge in [-0.05, 0) is 65.0 Å². The second kappa shape index (κ2) is 9.05. The molecule has 0 heterocycles. The molecular formula is C26H50O4Si2. The van der Waals surface area contributed by atoms with Gasteiger partial charge in [-0.3, -0.25) is 9.59 Å². The van der Waals surface area contributed by atoms with Crippen LogP contribution in [0.15, 0.2) is 11.5 Å². The van der Waals surface area contributed by atoms with Gasteiger partial charge in [-0.2, -0.15) is 0 Å². The maximum absolute atomic E-state index is 11.5. The molecule has 4 nitrogen and oxygen atoms in total. The van der Waals surface area contributed by atoms with Crippen LogP contribution in [0.1, 0.15) is 81.1 Å². The molecule has 0 amide bonds. The lowest BCUT2D eigenvalue weighted by Gasteiger charge is -2.46. The van der Waals surface area contributed by atoms with Gasteiger partial charge >= 0.3 is 0 Å². The highest BCUT2D eigenvalue weighted by Crippen LogP contribution is 2.51. The molecule has 6 heteroatoms. The molecule has 0 spiro atoms. The highest BCUT2D eigenvalue weighted by molar-refractivity contribution is 6.70. The van der Waals surface area contributed by atoms with Crippen LogP contribution in [0.25, 0.3) is 0 Å². The molecule has 2 aliphatic rings. The summed E-state index contributed by atoms with van der Waals surface area (Å²) in [7, 11) is -3.27. The van der Waals surface area contributed by atoms with Gasteiger partial charge in [0, 0.05) is 21.7 Å². The van der Waals surface area contributed by atoms with Gasteiger partial charge in [-0.15, -0.1) is 0 Å². The molecule has 0 unspecified atom stereocenters. The molecule has 0 atom stereocenters. The van der Waals surface area contributed by atoms with Crippen molar-refractivity contribution in [3.63, 3.8) is 0 Å². The van der Waals surface area contributed by atoms with Crippen molar-refractivity contribution >= 4 is 28.2 Å². The average molecular weight is 483 g/mol. The van der Waals surface area contributed by atoms with Crippen LogP contribution in [-0.2, 0) is 18.4 Å². The van der Waals surface area contributed by atoms with Crippen LogP contribution in [0.4, 0.5) is 0 Å². The summed E-state index contributed by atoms with van der Waals surface area (Å²) in [4.78, 5) is 23.0. The third-order valence-electron chi connectivity index (χ3n) is 6.44. The third-order valence-corrected chi connectivity index (χ3v) is 8.07. The van der Waals surface area contributed by atoms with Crippen LogP contribution in [0.2, 0.25) is 39.3 Å². The number of ketones is 2. The molecule has 186 valence electrons. The Morgan fingerprint density at radius 3 is 0.938 bits per heavy atom. The summed E-state index contributed by atoms with van der Waals surface area (Å²) in [6, 6.07) is 0. The molecule has 0 aliphatic heterocycles. The summed E-state index contributed by atoms with van der Waals surface area (Å²) in [5.41, 5.74) is -0.672. The van der Waals surface area contributed by atoms with E-state index >= 15 is 0 Å². The van der Waals surface area contributed by atoms with Crippen LogP contribution >= 0.6 is 0 Å². The first-order valence-electron chi connectivity index (χ1n) is 12.1. The SMILES string of the molecule is CC1(C)CCC(C)(C)C(=O)C1=O.CC1(C)CCC(C)(C)C(O[Si](C)(C)C)=C1O[Si](C)(C)C. The largest absolute Gasteiger partial charge is 0.545 e. The molecule has 1 fully saturated rings. The van der Waals surface area contributed by atoms with Crippen molar-refractivity contribution < 1.29 is 18.4 Å². The fourth-order valence-electron chi connectivity index (χ4n) is 3.91. The van der Waals surface area contributed by atoms with Crippen molar-refractivity contribution in [2.24, 2.45) is 21.7 Å². The van der Waals surface area contributed by atoms with Crippen LogP contribution < -0.4 is 0 Å². The van der Waals surface area contributed by atoms with Crippen molar-refractivity contribution in [3.8, 4) is 0 Å². The summed E-state index contributed by atoms with van der Waals surface area (Å²) < 4.78 is 13.0. The lowest BCUT2D eigenvalue weighted by molar-refractivity contribution is -0.150. The number of rotatable bonds is 4. The average Bonchev–Trinajstić information content (AvgIpc) is 2.57. The van der Waals surface area contributed by atoms with Crippen molar-refractivity contribution in [1.29, 1.82) is 0 Å². The van der Waals surface area contributed by atoms with Crippen molar-refractivity contribution in [1.82, 2.24) is 0 Å². The van der Waals surface area contributed by atoms with Crippen molar-refractivity contribution in [3.05, 3.63) is 11.5 Å². The van der Waals surface area contributed by atoms with Gasteiger partial charge in [0.15, 0.2) is 0 Å². The minimum absolute atomic E-state index is 0.0881. The summed E-state index contributed by atoms with van der Waals surface area (Å²) in [5.74, 6) is 1.88. The molecule has 2 rings (SSSR count). The second-order valence-electron chi connectivity index (χ2n) is 14.3.